The van der Waals surface area contributed by atoms with Gasteiger partial charge in [0.25, 0.3) is 0 Å². The van der Waals surface area contributed by atoms with Crippen LogP contribution in [0.15, 0.2) is 0 Å². The van der Waals surface area contributed by atoms with Crippen molar-refractivity contribution >= 4 is 18.5 Å². The molecule has 1 rings (SSSR count). The maximum absolute atomic E-state index is 11.3. The average Bonchev–Trinajstić information content (AvgIpc) is 2.51. The van der Waals surface area contributed by atoms with Crippen molar-refractivity contribution in [3.05, 3.63) is 0 Å². The summed E-state index contributed by atoms with van der Waals surface area (Å²) in [7, 11) is 0. The zero-order valence-corrected chi connectivity index (χ0v) is 9.22. The standard InChI is InChI=1S/C10H19NOS/c1-2-4-9(8-13)7-11-6-3-5-10(11)12/h9,13H,2-8H2,1H3. The molecule has 0 aromatic heterocycles. The van der Waals surface area contributed by atoms with Gasteiger partial charge in [-0.3, -0.25) is 4.79 Å². The Morgan fingerprint density at radius 3 is 2.85 bits per heavy atom. The Balaban J connectivity index is 2.31. The molecule has 1 aliphatic heterocycles. The first kappa shape index (κ1) is 10.9. The molecule has 0 aromatic carbocycles. The Bertz CT molecular complexity index is 172. The number of carbonyl (C=O) groups is 1. The highest BCUT2D eigenvalue weighted by molar-refractivity contribution is 7.80. The Morgan fingerprint density at radius 1 is 1.62 bits per heavy atom. The summed E-state index contributed by atoms with van der Waals surface area (Å²) >= 11 is 4.31. The summed E-state index contributed by atoms with van der Waals surface area (Å²) in [6.45, 7) is 4.07. The summed E-state index contributed by atoms with van der Waals surface area (Å²) in [6.07, 6.45) is 4.18. The van der Waals surface area contributed by atoms with Gasteiger partial charge in [0, 0.05) is 19.5 Å². The molecule has 76 valence electrons. The molecule has 1 atom stereocenters. The molecule has 1 heterocycles. The van der Waals surface area contributed by atoms with Crippen LogP contribution < -0.4 is 0 Å². The number of hydrogen-bond donors (Lipinski definition) is 1. The Hall–Kier alpha value is -0.180. The van der Waals surface area contributed by atoms with Gasteiger partial charge in [-0.05, 0) is 24.5 Å². The van der Waals surface area contributed by atoms with Crippen molar-refractivity contribution in [2.24, 2.45) is 5.92 Å². The maximum Gasteiger partial charge on any atom is 0.222 e. The highest BCUT2D eigenvalue weighted by atomic mass is 32.1. The first-order valence-electron chi connectivity index (χ1n) is 5.16. The van der Waals surface area contributed by atoms with E-state index in [-0.39, 0.29) is 0 Å². The van der Waals surface area contributed by atoms with E-state index >= 15 is 0 Å². The van der Waals surface area contributed by atoms with Gasteiger partial charge in [0.15, 0.2) is 0 Å². The second-order valence-electron chi connectivity index (χ2n) is 3.78. The maximum atomic E-state index is 11.3. The minimum atomic E-state index is 0.336. The second-order valence-corrected chi connectivity index (χ2v) is 4.15. The molecule has 0 bridgehead atoms. The quantitative estimate of drug-likeness (QED) is 0.674. The highest BCUT2D eigenvalue weighted by Crippen LogP contribution is 2.16. The zero-order chi connectivity index (χ0) is 9.68. The van der Waals surface area contributed by atoms with E-state index in [1.807, 2.05) is 4.90 Å². The molecule has 1 amide bonds. The van der Waals surface area contributed by atoms with Crippen LogP contribution in [0.3, 0.4) is 0 Å². The highest BCUT2D eigenvalue weighted by Gasteiger charge is 2.22. The molecule has 13 heavy (non-hydrogen) atoms. The molecule has 2 nitrogen and oxygen atoms in total. The second kappa shape index (κ2) is 5.53. The van der Waals surface area contributed by atoms with Crippen molar-refractivity contribution in [1.29, 1.82) is 0 Å². The number of likely N-dealkylation sites (tertiary alicyclic amines) is 1. The van der Waals surface area contributed by atoms with Gasteiger partial charge in [0.2, 0.25) is 5.91 Å². The van der Waals surface area contributed by atoms with Gasteiger partial charge in [-0.2, -0.15) is 12.6 Å². The number of rotatable bonds is 5. The van der Waals surface area contributed by atoms with Crippen molar-refractivity contribution in [2.75, 3.05) is 18.8 Å². The molecule has 0 saturated carbocycles. The third-order valence-corrected chi connectivity index (χ3v) is 3.12. The molecule has 0 radical (unpaired) electrons. The predicted molar refractivity (Wildman–Crippen MR) is 58.1 cm³/mol. The molecule has 3 heteroatoms. The lowest BCUT2D eigenvalue weighted by Gasteiger charge is -2.21. The third-order valence-electron chi connectivity index (χ3n) is 2.61. The molecular formula is C10H19NOS. The van der Waals surface area contributed by atoms with E-state index < -0.39 is 0 Å². The topological polar surface area (TPSA) is 20.3 Å². The van der Waals surface area contributed by atoms with Gasteiger partial charge in [0.1, 0.15) is 0 Å². The average molecular weight is 201 g/mol. The smallest absolute Gasteiger partial charge is 0.222 e. The van der Waals surface area contributed by atoms with Gasteiger partial charge in [-0.25, -0.2) is 0 Å². The van der Waals surface area contributed by atoms with Gasteiger partial charge < -0.3 is 4.90 Å². The van der Waals surface area contributed by atoms with E-state index in [9.17, 15) is 4.79 Å². The summed E-state index contributed by atoms with van der Waals surface area (Å²) in [5.74, 6) is 1.83. The van der Waals surface area contributed by atoms with Crippen LogP contribution in [-0.4, -0.2) is 29.6 Å². The van der Waals surface area contributed by atoms with Crippen LogP contribution in [0.4, 0.5) is 0 Å². The summed E-state index contributed by atoms with van der Waals surface area (Å²) in [6, 6.07) is 0. The van der Waals surface area contributed by atoms with Gasteiger partial charge in [-0.15, -0.1) is 0 Å². The largest absolute Gasteiger partial charge is 0.342 e. The van der Waals surface area contributed by atoms with Gasteiger partial charge in [0.05, 0.1) is 0 Å². The van der Waals surface area contributed by atoms with Crippen LogP contribution >= 0.6 is 12.6 Å². The van der Waals surface area contributed by atoms with Gasteiger partial charge in [-0.1, -0.05) is 13.3 Å². The Labute approximate surface area is 86.1 Å². The van der Waals surface area contributed by atoms with Crippen LogP contribution in [0.1, 0.15) is 32.6 Å². The summed E-state index contributed by atoms with van der Waals surface area (Å²) < 4.78 is 0. The number of hydrogen-bond acceptors (Lipinski definition) is 2. The molecule has 1 aliphatic rings. The van der Waals surface area contributed by atoms with Crippen molar-refractivity contribution < 1.29 is 4.79 Å². The van der Waals surface area contributed by atoms with E-state index in [4.69, 9.17) is 0 Å². The number of amides is 1. The lowest BCUT2D eigenvalue weighted by Crippen LogP contribution is -2.31. The molecule has 1 unspecified atom stereocenters. The van der Waals surface area contributed by atoms with Crippen LogP contribution in [0, 0.1) is 5.92 Å². The summed E-state index contributed by atoms with van der Waals surface area (Å²) in [5, 5.41) is 0. The molecule has 1 saturated heterocycles. The molecular weight excluding hydrogens is 182 g/mol. The lowest BCUT2D eigenvalue weighted by molar-refractivity contribution is -0.128. The SMILES string of the molecule is CCCC(CS)CN1CCCC1=O. The van der Waals surface area contributed by atoms with Crippen molar-refractivity contribution in [3.8, 4) is 0 Å². The minimum absolute atomic E-state index is 0.336. The monoisotopic (exact) mass is 201 g/mol. The molecule has 0 N–H and O–H groups in total. The molecule has 0 spiro atoms. The fraction of sp³-hybridized carbons (Fsp3) is 0.900. The van der Waals surface area contributed by atoms with Crippen molar-refractivity contribution in [1.82, 2.24) is 4.90 Å². The van der Waals surface area contributed by atoms with E-state index in [0.29, 0.717) is 11.8 Å². The first-order chi connectivity index (χ1) is 6.27. The van der Waals surface area contributed by atoms with Crippen LogP contribution in [0.5, 0.6) is 0 Å². The van der Waals surface area contributed by atoms with Crippen LogP contribution in [-0.2, 0) is 4.79 Å². The lowest BCUT2D eigenvalue weighted by atomic mass is 10.1. The fourth-order valence-electron chi connectivity index (χ4n) is 1.86. The normalized spacial score (nSPS) is 19.5. The van der Waals surface area contributed by atoms with Crippen molar-refractivity contribution in [2.45, 2.75) is 32.6 Å². The van der Waals surface area contributed by atoms with E-state index in [1.54, 1.807) is 0 Å². The van der Waals surface area contributed by atoms with E-state index in [1.165, 1.54) is 12.8 Å². The summed E-state index contributed by atoms with van der Waals surface area (Å²) in [4.78, 5) is 13.3. The van der Waals surface area contributed by atoms with Crippen LogP contribution in [0.25, 0.3) is 0 Å². The zero-order valence-electron chi connectivity index (χ0n) is 8.33. The molecule has 0 aromatic rings. The van der Waals surface area contributed by atoms with E-state index in [2.05, 4.69) is 19.6 Å². The summed E-state index contributed by atoms with van der Waals surface area (Å²) in [5.41, 5.74) is 0. The first-order valence-corrected chi connectivity index (χ1v) is 5.79. The number of nitrogens with zero attached hydrogens (tertiary/aromatic N) is 1. The molecule has 1 fully saturated rings. The fourth-order valence-corrected chi connectivity index (χ4v) is 2.16. The van der Waals surface area contributed by atoms with E-state index in [0.717, 1.165) is 31.7 Å². The van der Waals surface area contributed by atoms with Crippen molar-refractivity contribution in [3.63, 3.8) is 0 Å². The van der Waals surface area contributed by atoms with Crippen LogP contribution in [0.2, 0.25) is 0 Å². The number of thiol groups is 1. The number of carbonyl (C=O) groups excluding carboxylic acids is 1. The van der Waals surface area contributed by atoms with Gasteiger partial charge >= 0.3 is 0 Å². The Morgan fingerprint density at radius 2 is 2.38 bits per heavy atom. The Kier molecular flexibility index (Phi) is 4.64. The molecule has 0 aliphatic carbocycles. The predicted octanol–water partition coefficient (Wildman–Crippen LogP) is 1.95. The minimum Gasteiger partial charge on any atom is -0.342 e. The third kappa shape index (κ3) is 3.22.